The first-order chi connectivity index (χ1) is 13.6. The molecule has 1 N–H and O–H groups in total. The van der Waals surface area contributed by atoms with Crippen molar-refractivity contribution in [3.63, 3.8) is 0 Å². The fourth-order valence-corrected chi connectivity index (χ4v) is 4.33. The van der Waals surface area contributed by atoms with Crippen molar-refractivity contribution in [3.8, 4) is 0 Å². The lowest BCUT2D eigenvalue weighted by atomic mass is 9.84. The average Bonchev–Trinajstić information content (AvgIpc) is 2.71. The Bertz CT molecular complexity index is 997. The number of hydrogen-bond donors (Lipinski definition) is 1. The Morgan fingerprint density at radius 1 is 1.11 bits per heavy atom. The summed E-state index contributed by atoms with van der Waals surface area (Å²) in [7, 11) is 0. The van der Waals surface area contributed by atoms with E-state index < -0.39 is 0 Å². The minimum atomic E-state index is -0.163. The zero-order chi connectivity index (χ0) is 19.5. The SMILES string of the molecule is O=C1N=NC(Cc2cccc(NC(=O)c3cccc(I)c3)c2)C2=C1CCCC2. The summed E-state index contributed by atoms with van der Waals surface area (Å²) in [6.45, 7) is 0. The van der Waals surface area contributed by atoms with Gasteiger partial charge in [-0.1, -0.05) is 18.2 Å². The van der Waals surface area contributed by atoms with E-state index in [1.807, 2.05) is 42.5 Å². The first-order valence-electron chi connectivity index (χ1n) is 9.43. The second-order valence-corrected chi connectivity index (χ2v) is 8.36. The van der Waals surface area contributed by atoms with E-state index in [9.17, 15) is 9.59 Å². The Hall–Kier alpha value is -2.35. The molecule has 142 valence electrons. The Balaban J connectivity index is 1.50. The summed E-state index contributed by atoms with van der Waals surface area (Å²) in [6, 6.07) is 15.2. The number of amides is 2. The summed E-state index contributed by atoms with van der Waals surface area (Å²) in [5.41, 5.74) is 4.47. The normalized spacial score (nSPS) is 18.8. The van der Waals surface area contributed by atoms with Gasteiger partial charge in [-0.25, -0.2) is 0 Å². The maximum atomic E-state index is 12.5. The summed E-state index contributed by atoms with van der Waals surface area (Å²) in [4.78, 5) is 24.5. The van der Waals surface area contributed by atoms with Crippen LogP contribution in [0.3, 0.4) is 0 Å². The van der Waals surface area contributed by atoms with Crippen LogP contribution in [-0.2, 0) is 11.2 Å². The number of carbonyl (C=O) groups is 2. The van der Waals surface area contributed by atoms with Crippen molar-refractivity contribution >= 4 is 40.1 Å². The van der Waals surface area contributed by atoms with Crippen LogP contribution in [0, 0.1) is 3.57 Å². The molecule has 1 unspecified atom stereocenters. The van der Waals surface area contributed by atoms with Gasteiger partial charge in [0.15, 0.2) is 0 Å². The Kier molecular flexibility index (Phi) is 5.66. The third-order valence-corrected chi connectivity index (χ3v) is 5.83. The molecule has 28 heavy (non-hydrogen) atoms. The van der Waals surface area contributed by atoms with Crippen LogP contribution in [-0.4, -0.2) is 17.9 Å². The van der Waals surface area contributed by atoms with E-state index in [0.717, 1.165) is 51.7 Å². The van der Waals surface area contributed by atoms with Crippen molar-refractivity contribution in [1.29, 1.82) is 0 Å². The van der Waals surface area contributed by atoms with Crippen LogP contribution < -0.4 is 5.32 Å². The number of hydrogen-bond acceptors (Lipinski definition) is 3. The molecule has 0 radical (unpaired) electrons. The van der Waals surface area contributed by atoms with Crippen LogP contribution in [0.2, 0.25) is 0 Å². The van der Waals surface area contributed by atoms with Crippen LogP contribution in [0.15, 0.2) is 69.9 Å². The highest BCUT2D eigenvalue weighted by Crippen LogP contribution is 2.33. The number of azo groups is 1. The van der Waals surface area contributed by atoms with Crippen molar-refractivity contribution in [2.75, 3.05) is 5.32 Å². The van der Waals surface area contributed by atoms with Crippen LogP contribution in [0.25, 0.3) is 0 Å². The van der Waals surface area contributed by atoms with Gasteiger partial charge in [0, 0.05) is 26.8 Å². The van der Waals surface area contributed by atoms with Crippen LogP contribution in [0.1, 0.15) is 41.6 Å². The van der Waals surface area contributed by atoms with Crippen molar-refractivity contribution in [2.24, 2.45) is 10.2 Å². The predicted molar refractivity (Wildman–Crippen MR) is 116 cm³/mol. The molecule has 1 aliphatic carbocycles. The highest BCUT2D eigenvalue weighted by atomic mass is 127. The van der Waals surface area contributed by atoms with Gasteiger partial charge >= 0.3 is 0 Å². The van der Waals surface area contributed by atoms with E-state index in [4.69, 9.17) is 0 Å². The number of nitrogens with one attached hydrogen (secondary N) is 1. The van der Waals surface area contributed by atoms with Crippen molar-refractivity contribution < 1.29 is 9.59 Å². The summed E-state index contributed by atoms with van der Waals surface area (Å²) < 4.78 is 1.02. The number of rotatable bonds is 4. The quantitative estimate of drug-likeness (QED) is 0.596. The minimum Gasteiger partial charge on any atom is -0.322 e. The maximum Gasteiger partial charge on any atom is 0.291 e. The number of benzene rings is 2. The Morgan fingerprint density at radius 2 is 1.93 bits per heavy atom. The van der Waals surface area contributed by atoms with Gasteiger partial charge in [0.2, 0.25) is 0 Å². The lowest BCUT2D eigenvalue weighted by molar-refractivity contribution is -0.115. The van der Waals surface area contributed by atoms with E-state index in [1.165, 1.54) is 0 Å². The molecule has 1 aliphatic heterocycles. The highest BCUT2D eigenvalue weighted by molar-refractivity contribution is 14.1. The summed E-state index contributed by atoms with van der Waals surface area (Å²) in [5.74, 6) is -0.291. The largest absolute Gasteiger partial charge is 0.322 e. The number of nitrogens with zero attached hydrogens (tertiary/aromatic N) is 2. The topological polar surface area (TPSA) is 70.9 Å². The average molecular weight is 485 g/mol. The molecule has 0 saturated heterocycles. The van der Waals surface area contributed by atoms with Gasteiger partial charge in [0.05, 0.1) is 6.04 Å². The van der Waals surface area contributed by atoms with E-state index in [1.54, 1.807) is 6.07 Å². The third-order valence-electron chi connectivity index (χ3n) is 5.16. The first-order valence-corrected chi connectivity index (χ1v) is 10.5. The summed E-state index contributed by atoms with van der Waals surface area (Å²) in [6.07, 6.45) is 4.57. The molecule has 0 saturated carbocycles. The van der Waals surface area contributed by atoms with Gasteiger partial charge in [-0.2, -0.15) is 5.11 Å². The van der Waals surface area contributed by atoms with Gasteiger partial charge in [0.1, 0.15) is 0 Å². The fourth-order valence-electron chi connectivity index (χ4n) is 3.79. The molecule has 2 aromatic carbocycles. The number of carbonyl (C=O) groups excluding carboxylic acids is 2. The van der Waals surface area contributed by atoms with E-state index in [0.29, 0.717) is 12.0 Å². The van der Waals surface area contributed by atoms with Gasteiger partial charge in [-0.3, -0.25) is 9.59 Å². The van der Waals surface area contributed by atoms with Gasteiger partial charge in [-0.05, 0) is 89.7 Å². The number of halogens is 1. The smallest absolute Gasteiger partial charge is 0.291 e. The van der Waals surface area contributed by atoms with Gasteiger partial charge in [0.25, 0.3) is 11.8 Å². The van der Waals surface area contributed by atoms with Gasteiger partial charge in [-0.15, -0.1) is 5.11 Å². The molecule has 2 aliphatic rings. The van der Waals surface area contributed by atoms with E-state index in [-0.39, 0.29) is 17.9 Å². The Morgan fingerprint density at radius 3 is 2.79 bits per heavy atom. The van der Waals surface area contributed by atoms with Crippen LogP contribution >= 0.6 is 22.6 Å². The van der Waals surface area contributed by atoms with Crippen LogP contribution in [0.4, 0.5) is 5.69 Å². The lowest BCUT2D eigenvalue weighted by Gasteiger charge is -2.25. The second-order valence-electron chi connectivity index (χ2n) is 7.12. The third kappa shape index (κ3) is 4.22. The molecule has 0 aromatic heterocycles. The predicted octanol–water partition coefficient (Wildman–Crippen LogP) is 5.32. The molecule has 0 fully saturated rings. The van der Waals surface area contributed by atoms with Crippen molar-refractivity contribution in [3.05, 3.63) is 74.4 Å². The monoisotopic (exact) mass is 485 g/mol. The molecular formula is C22H20IN3O2. The maximum absolute atomic E-state index is 12.5. The van der Waals surface area contributed by atoms with E-state index in [2.05, 4.69) is 38.1 Å². The standard InChI is InChI=1S/C22H20IN3O2/c23-16-7-4-6-15(13-16)21(27)24-17-8-3-5-14(11-17)12-20-18-9-1-2-10-19(18)22(28)26-25-20/h3-8,11,13,20H,1-2,9-10,12H2,(H,24,27). The van der Waals surface area contributed by atoms with Crippen molar-refractivity contribution in [2.45, 2.75) is 38.1 Å². The zero-order valence-corrected chi connectivity index (χ0v) is 17.5. The first kappa shape index (κ1) is 19.0. The summed E-state index contributed by atoms with van der Waals surface area (Å²) in [5, 5.41) is 11.1. The zero-order valence-electron chi connectivity index (χ0n) is 15.3. The molecule has 2 amide bonds. The molecule has 6 heteroatoms. The molecule has 1 atom stereocenters. The van der Waals surface area contributed by atoms with Crippen LogP contribution in [0.5, 0.6) is 0 Å². The molecular weight excluding hydrogens is 465 g/mol. The fraction of sp³-hybridized carbons (Fsp3) is 0.273. The molecule has 4 rings (SSSR count). The summed E-state index contributed by atoms with van der Waals surface area (Å²) >= 11 is 2.19. The van der Waals surface area contributed by atoms with Crippen molar-refractivity contribution in [1.82, 2.24) is 0 Å². The number of anilines is 1. The molecule has 1 heterocycles. The van der Waals surface area contributed by atoms with Gasteiger partial charge < -0.3 is 5.32 Å². The Labute approximate surface area is 177 Å². The molecule has 0 spiro atoms. The molecule has 0 bridgehead atoms. The lowest BCUT2D eigenvalue weighted by Crippen LogP contribution is -2.23. The highest BCUT2D eigenvalue weighted by Gasteiger charge is 2.28. The molecule has 5 nitrogen and oxygen atoms in total. The minimum absolute atomic E-state index is 0.0744. The van der Waals surface area contributed by atoms with E-state index >= 15 is 0 Å². The molecule has 2 aromatic rings. The second kappa shape index (κ2) is 8.34.